The van der Waals surface area contributed by atoms with Crippen molar-refractivity contribution < 1.29 is 28.6 Å². The molecule has 0 aromatic heterocycles. The maximum absolute atomic E-state index is 12.9. The molecule has 6 heteroatoms. The number of hydrogen-bond acceptors (Lipinski definition) is 6. The minimum absolute atomic E-state index is 0.0809. The summed E-state index contributed by atoms with van der Waals surface area (Å²) in [7, 11) is 0. The number of esters is 3. The maximum atomic E-state index is 12.9. The minimum atomic E-state index is -0.784. The number of allylic oxidation sites excluding steroid dienone is 16. The Kier molecular flexibility index (Phi) is 63.7. The highest BCUT2D eigenvalue weighted by atomic mass is 16.6. The van der Waals surface area contributed by atoms with E-state index in [4.69, 9.17) is 14.2 Å². The molecule has 0 radical (unpaired) electrons. The van der Waals surface area contributed by atoms with Gasteiger partial charge in [0, 0.05) is 19.3 Å². The molecule has 6 nitrogen and oxygen atoms in total. The van der Waals surface area contributed by atoms with E-state index in [1.165, 1.54) is 173 Å². The quantitative estimate of drug-likeness (QED) is 0.0261. The molecule has 0 saturated carbocycles. The van der Waals surface area contributed by atoms with Crippen LogP contribution >= 0.6 is 0 Å². The van der Waals surface area contributed by atoms with Crippen LogP contribution in [0.1, 0.15) is 329 Å². The molecule has 0 aromatic carbocycles. The molecule has 0 rings (SSSR count). The van der Waals surface area contributed by atoms with Crippen molar-refractivity contribution in [3.05, 3.63) is 97.2 Å². The van der Waals surface area contributed by atoms with Gasteiger partial charge in [-0.15, -0.1) is 0 Å². The molecule has 0 heterocycles. The average Bonchev–Trinajstić information content (AvgIpc) is 3.45. The Hall–Kier alpha value is -3.67. The fourth-order valence-corrected chi connectivity index (χ4v) is 9.50. The van der Waals surface area contributed by atoms with Crippen LogP contribution in [0.25, 0.3) is 0 Å². The Morgan fingerprint density at radius 1 is 0.266 bits per heavy atom. The number of hydrogen-bond donors (Lipinski definition) is 0. The predicted molar refractivity (Wildman–Crippen MR) is 344 cm³/mol. The molecular formula is C73H126O6. The monoisotopic (exact) mass is 1100 g/mol. The van der Waals surface area contributed by atoms with Crippen molar-refractivity contribution in [3.8, 4) is 0 Å². The van der Waals surface area contributed by atoms with Gasteiger partial charge < -0.3 is 14.2 Å². The molecule has 1 unspecified atom stereocenters. The van der Waals surface area contributed by atoms with E-state index in [0.29, 0.717) is 19.3 Å². The van der Waals surface area contributed by atoms with Gasteiger partial charge >= 0.3 is 17.9 Å². The average molecular weight is 1100 g/mol. The first-order chi connectivity index (χ1) is 39.0. The number of rotatable bonds is 61. The lowest BCUT2D eigenvalue weighted by Gasteiger charge is -2.18. The zero-order valence-electron chi connectivity index (χ0n) is 52.1. The molecule has 0 aliphatic heterocycles. The van der Waals surface area contributed by atoms with E-state index in [0.717, 1.165) is 116 Å². The summed E-state index contributed by atoms with van der Waals surface area (Å²) >= 11 is 0. The molecule has 0 aliphatic carbocycles. The van der Waals surface area contributed by atoms with Crippen molar-refractivity contribution in [2.45, 2.75) is 335 Å². The Balaban J connectivity index is 4.18. The van der Waals surface area contributed by atoms with Crippen LogP contribution < -0.4 is 0 Å². The number of unbranched alkanes of at least 4 members (excludes halogenated alkanes) is 34. The lowest BCUT2D eigenvalue weighted by molar-refractivity contribution is -0.167. The number of carbonyl (C=O) groups excluding carboxylic acids is 3. The second kappa shape index (κ2) is 66.8. The van der Waals surface area contributed by atoms with Crippen LogP contribution in [0.15, 0.2) is 97.2 Å². The SMILES string of the molecule is CC/C=C\C/C=C\C/C=C\C/C=C\C/C=C\C/C=C\CCCCCCCCCCCCCCCCC(=O)OCC(COC(=O)CCCCCCC/C=C\CCCCCCC)OC(=O)CCCCCCC/C=C\CCCCCCC. The maximum Gasteiger partial charge on any atom is 0.306 e. The minimum Gasteiger partial charge on any atom is -0.462 e. The molecular weight excluding hydrogens is 973 g/mol. The molecule has 0 bridgehead atoms. The fraction of sp³-hybridized carbons (Fsp3) is 0.740. The van der Waals surface area contributed by atoms with E-state index < -0.39 is 6.10 Å². The first-order valence-electron chi connectivity index (χ1n) is 33.7. The molecule has 0 spiro atoms. The Morgan fingerprint density at radius 2 is 0.494 bits per heavy atom. The van der Waals surface area contributed by atoms with Gasteiger partial charge in [-0.2, -0.15) is 0 Å². The van der Waals surface area contributed by atoms with Crippen molar-refractivity contribution in [2.75, 3.05) is 13.2 Å². The van der Waals surface area contributed by atoms with Gasteiger partial charge in [0.1, 0.15) is 13.2 Å². The van der Waals surface area contributed by atoms with Gasteiger partial charge in [-0.1, -0.05) is 285 Å². The van der Waals surface area contributed by atoms with E-state index in [1.54, 1.807) is 0 Å². The van der Waals surface area contributed by atoms with Crippen LogP contribution in [-0.4, -0.2) is 37.2 Å². The molecule has 454 valence electrons. The normalized spacial score (nSPS) is 12.7. The topological polar surface area (TPSA) is 78.9 Å². The van der Waals surface area contributed by atoms with Crippen LogP contribution in [-0.2, 0) is 28.6 Å². The van der Waals surface area contributed by atoms with Crippen molar-refractivity contribution in [3.63, 3.8) is 0 Å². The first kappa shape index (κ1) is 75.3. The molecule has 0 amide bonds. The van der Waals surface area contributed by atoms with Crippen LogP contribution in [0.5, 0.6) is 0 Å². The van der Waals surface area contributed by atoms with Crippen molar-refractivity contribution >= 4 is 17.9 Å². The lowest BCUT2D eigenvalue weighted by Crippen LogP contribution is -2.30. The van der Waals surface area contributed by atoms with Gasteiger partial charge in [-0.05, 0) is 122 Å². The predicted octanol–water partition coefficient (Wildman–Crippen LogP) is 23.2. The summed E-state index contributed by atoms with van der Waals surface area (Å²) in [4.78, 5) is 38.3. The van der Waals surface area contributed by atoms with E-state index in [9.17, 15) is 14.4 Å². The Morgan fingerprint density at radius 3 is 0.785 bits per heavy atom. The molecule has 0 aromatic rings. The summed E-state index contributed by atoms with van der Waals surface area (Å²) in [6, 6.07) is 0. The highest BCUT2D eigenvalue weighted by Crippen LogP contribution is 2.16. The standard InChI is InChI=1S/C73H126O6/c1-4-7-10-13-16-19-22-25-28-29-30-31-32-33-34-35-36-37-38-39-40-41-42-43-44-45-46-49-51-54-57-60-63-66-72(75)78-69-70(79-73(76)67-64-61-58-55-52-48-27-24-21-18-15-12-9-6-3)68-77-71(74)65-62-59-56-53-50-47-26-23-20-17-14-11-8-5-2/h7,10,16,19,23-28,30-31,33-34,36-37,70H,4-6,8-9,11-15,17-18,20-22,29,32,35,38-69H2,1-3H3/b10-7-,19-16-,26-23-,27-24-,28-25-,31-30-,34-33-,37-36-. The van der Waals surface area contributed by atoms with Gasteiger partial charge in [0.05, 0.1) is 0 Å². The van der Waals surface area contributed by atoms with E-state index in [2.05, 4.69) is 118 Å². The molecule has 79 heavy (non-hydrogen) atoms. The van der Waals surface area contributed by atoms with E-state index >= 15 is 0 Å². The first-order valence-corrected chi connectivity index (χ1v) is 33.7. The molecule has 0 N–H and O–H groups in total. The second-order valence-corrected chi connectivity index (χ2v) is 22.3. The summed E-state index contributed by atoms with van der Waals surface area (Å²) in [5, 5.41) is 0. The lowest BCUT2D eigenvalue weighted by atomic mass is 10.0. The zero-order chi connectivity index (χ0) is 57.1. The van der Waals surface area contributed by atoms with Gasteiger partial charge in [0.15, 0.2) is 6.10 Å². The zero-order valence-corrected chi connectivity index (χ0v) is 52.1. The third kappa shape index (κ3) is 65.0. The second-order valence-electron chi connectivity index (χ2n) is 22.3. The fourth-order valence-electron chi connectivity index (χ4n) is 9.50. The summed E-state index contributed by atoms with van der Waals surface area (Å²) in [6.07, 6.45) is 90.0. The van der Waals surface area contributed by atoms with Crippen LogP contribution in [0.4, 0.5) is 0 Å². The Bertz CT molecular complexity index is 1540. The van der Waals surface area contributed by atoms with Crippen molar-refractivity contribution in [1.29, 1.82) is 0 Å². The third-order valence-corrected chi connectivity index (χ3v) is 14.5. The van der Waals surface area contributed by atoms with Gasteiger partial charge in [0.2, 0.25) is 0 Å². The van der Waals surface area contributed by atoms with E-state index in [-0.39, 0.29) is 31.1 Å². The largest absolute Gasteiger partial charge is 0.462 e. The van der Waals surface area contributed by atoms with Crippen molar-refractivity contribution in [1.82, 2.24) is 0 Å². The number of carbonyl (C=O) groups is 3. The van der Waals surface area contributed by atoms with Crippen molar-refractivity contribution in [2.24, 2.45) is 0 Å². The van der Waals surface area contributed by atoms with Crippen LogP contribution in [0.2, 0.25) is 0 Å². The van der Waals surface area contributed by atoms with Crippen LogP contribution in [0.3, 0.4) is 0 Å². The molecule has 0 fully saturated rings. The highest BCUT2D eigenvalue weighted by Gasteiger charge is 2.19. The van der Waals surface area contributed by atoms with Crippen LogP contribution in [0, 0.1) is 0 Å². The summed E-state index contributed by atoms with van der Waals surface area (Å²) in [5.74, 6) is -0.886. The molecule has 1 atom stereocenters. The Labute approximate surface area is 489 Å². The summed E-state index contributed by atoms with van der Waals surface area (Å²) in [5.41, 5.74) is 0. The van der Waals surface area contributed by atoms with Gasteiger partial charge in [-0.25, -0.2) is 0 Å². The third-order valence-electron chi connectivity index (χ3n) is 14.5. The summed E-state index contributed by atoms with van der Waals surface area (Å²) < 4.78 is 16.9. The highest BCUT2D eigenvalue weighted by molar-refractivity contribution is 5.71. The van der Waals surface area contributed by atoms with Gasteiger partial charge in [0.25, 0.3) is 0 Å². The molecule has 0 aliphatic rings. The smallest absolute Gasteiger partial charge is 0.306 e. The van der Waals surface area contributed by atoms with E-state index in [1.807, 2.05) is 0 Å². The van der Waals surface area contributed by atoms with Gasteiger partial charge in [-0.3, -0.25) is 14.4 Å². The number of ether oxygens (including phenoxy) is 3. The summed E-state index contributed by atoms with van der Waals surface area (Å²) in [6.45, 7) is 6.52. The molecule has 0 saturated heterocycles.